The van der Waals surface area contributed by atoms with E-state index in [2.05, 4.69) is 20.9 Å². The second kappa shape index (κ2) is 9.68. The second-order valence-electron chi connectivity index (χ2n) is 6.26. The Bertz CT molecular complexity index is 986. The number of esters is 1. The van der Waals surface area contributed by atoms with Gasteiger partial charge in [0.1, 0.15) is 24.7 Å². The summed E-state index contributed by atoms with van der Waals surface area (Å²) in [6.07, 6.45) is 0.365. The number of para-hydroxylation sites is 1. The Hall–Kier alpha value is -2.69. The Balaban J connectivity index is 1.57. The van der Waals surface area contributed by atoms with Crippen LogP contribution in [0.4, 0.5) is 0 Å². The number of aromatic nitrogens is 2. The van der Waals surface area contributed by atoms with E-state index < -0.39 is 35.7 Å². The van der Waals surface area contributed by atoms with Crippen LogP contribution in [0.25, 0.3) is 6.08 Å². The van der Waals surface area contributed by atoms with Crippen LogP contribution in [-0.4, -0.2) is 46.0 Å². The Morgan fingerprint density at radius 2 is 2.10 bits per heavy atom. The second-order valence-corrected chi connectivity index (χ2v) is 6.79. The predicted molar refractivity (Wildman–Crippen MR) is 107 cm³/mol. The Morgan fingerprint density at radius 3 is 2.83 bits per heavy atom. The van der Waals surface area contributed by atoms with Gasteiger partial charge in [0.15, 0.2) is 6.61 Å². The lowest BCUT2D eigenvalue weighted by Gasteiger charge is -2.16. The van der Waals surface area contributed by atoms with Gasteiger partial charge in [-0.15, -0.1) is 0 Å². The molecular weight excluding hydrogens is 448 g/mol. The van der Waals surface area contributed by atoms with Gasteiger partial charge in [-0.2, -0.15) is 0 Å². The van der Waals surface area contributed by atoms with Crippen LogP contribution >= 0.6 is 15.9 Å². The molecule has 2 aromatic rings. The largest absolute Gasteiger partial charge is 0.482 e. The summed E-state index contributed by atoms with van der Waals surface area (Å²) >= 11 is 3.08. The first kappa shape index (κ1) is 21.0. The smallest absolute Gasteiger partial charge is 0.344 e. The van der Waals surface area contributed by atoms with Crippen molar-refractivity contribution in [2.45, 2.75) is 24.9 Å². The molecule has 0 amide bonds. The molecule has 1 saturated heterocycles. The molecule has 0 aliphatic carbocycles. The highest BCUT2D eigenvalue weighted by Crippen LogP contribution is 2.28. The molecule has 1 aromatic carbocycles. The Morgan fingerprint density at radius 1 is 1.34 bits per heavy atom. The van der Waals surface area contributed by atoms with Gasteiger partial charge in [0.25, 0.3) is 5.56 Å². The van der Waals surface area contributed by atoms with Crippen molar-refractivity contribution in [2.75, 3.05) is 13.2 Å². The normalized spacial score (nSPS) is 21.4. The van der Waals surface area contributed by atoms with Crippen LogP contribution in [-0.2, 0) is 14.3 Å². The molecule has 154 valence electrons. The fourth-order valence-corrected chi connectivity index (χ4v) is 3.10. The van der Waals surface area contributed by atoms with Crippen molar-refractivity contribution in [3.63, 3.8) is 0 Å². The number of aliphatic hydroxyl groups excluding tert-OH is 1. The third kappa shape index (κ3) is 5.43. The van der Waals surface area contributed by atoms with Crippen LogP contribution in [0.5, 0.6) is 5.75 Å². The molecular formula is C19H19BrN2O7. The molecule has 3 atom stereocenters. The molecule has 0 spiro atoms. The molecule has 1 unspecified atom stereocenters. The van der Waals surface area contributed by atoms with Crippen molar-refractivity contribution in [2.24, 2.45) is 0 Å². The zero-order valence-corrected chi connectivity index (χ0v) is 16.8. The van der Waals surface area contributed by atoms with Gasteiger partial charge in [-0.3, -0.25) is 14.3 Å². The van der Waals surface area contributed by atoms with E-state index in [-0.39, 0.29) is 25.2 Å². The van der Waals surface area contributed by atoms with Crippen LogP contribution in [0.3, 0.4) is 0 Å². The first-order chi connectivity index (χ1) is 14.0. The number of H-pyrrole nitrogens is 1. The minimum Gasteiger partial charge on any atom is -0.482 e. The van der Waals surface area contributed by atoms with E-state index in [1.165, 1.54) is 21.8 Å². The molecule has 2 N–H and O–H groups in total. The number of aliphatic hydroxyl groups is 1. The standard InChI is InChI=1S/C19H19BrN2O7/c20-7-6-12-9-22(19(26)21-18(12)25)16-8-14(23)15(29-16)10-28-17(24)11-27-13-4-2-1-3-5-13/h1-7,9,14-16,23H,8,10-11H2,(H,21,25,26)/t14?,15-,16-/m0/s1. The number of hydrogen-bond acceptors (Lipinski definition) is 7. The summed E-state index contributed by atoms with van der Waals surface area (Å²) < 4.78 is 17.3. The average Bonchev–Trinajstić information content (AvgIpc) is 3.08. The number of hydrogen-bond donors (Lipinski definition) is 2. The topological polar surface area (TPSA) is 120 Å². The van der Waals surface area contributed by atoms with E-state index in [0.717, 1.165) is 0 Å². The number of carbonyl (C=O) groups excluding carboxylic acids is 1. The summed E-state index contributed by atoms with van der Waals surface area (Å²) in [5.41, 5.74) is -0.954. The fourth-order valence-electron chi connectivity index (χ4n) is 2.81. The summed E-state index contributed by atoms with van der Waals surface area (Å²) in [4.78, 5) is 39.4. The number of nitrogens with one attached hydrogen (secondary N) is 1. The predicted octanol–water partition coefficient (Wildman–Crippen LogP) is 1.17. The first-order valence-corrected chi connectivity index (χ1v) is 9.68. The van der Waals surface area contributed by atoms with Crippen LogP contribution in [0.2, 0.25) is 0 Å². The maximum absolute atomic E-state index is 12.1. The van der Waals surface area contributed by atoms with Crippen molar-refractivity contribution < 1.29 is 24.1 Å². The van der Waals surface area contributed by atoms with Gasteiger partial charge < -0.3 is 19.3 Å². The number of aromatic amines is 1. The monoisotopic (exact) mass is 466 g/mol. The maximum atomic E-state index is 12.1. The Kier molecular flexibility index (Phi) is 7.02. The molecule has 1 aliphatic heterocycles. The van der Waals surface area contributed by atoms with Gasteiger partial charge >= 0.3 is 11.7 Å². The van der Waals surface area contributed by atoms with Crippen molar-refractivity contribution in [3.05, 3.63) is 67.9 Å². The Labute approximate surface area is 173 Å². The lowest BCUT2D eigenvalue weighted by molar-refractivity contribution is -0.152. The molecule has 1 aromatic heterocycles. The van der Waals surface area contributed by atoms with E-state index in [1.807, 2.05) is 6.07 Å². The summed E-state index contributed by atoms with van der Waals surface area (Å²) in [6.45, 7) is -0.473. The van der Waals surface area contributed by atoms with E-state index in [4.69, 9.17) is 14.2 Å². The molecule has 1 fully saturated rings. The van der Waals surface area contributed by atoms with Gasteiger partial charge in [0.05, 0.1) is 11.7 Å². The maximum Gasteiger partial charge on any atom is 0.344 e. The minimum atomic E-state index is -0.947. The quantitative estimate of drug-likeness (QED) is 0.587. The third-order valence-electron chi connectivity index (χ3n) is 4.26. The zero-order valence-electron chi connectivity index (χ0n) is 15.2. The summed E-state index contributed by atoms with van der Waals surface area (Å²) in [5, 5.41) is 10.2. The van der Waals surface area contributed by atoms with Gasteiger partial charge in [-0.05, 0) is 23.2 Å². The SMILES string of the molecule is O=C(COc1ccccc1)OC[C@@H]1O[C@H](n2cc(C=CBr)c(=O)[nH]c2=O)CC1O. The number of rotatable bonds is 7. The van der Waals surface area contributed by atoms with Crippen LogP contribution in [0.15, 0.2) is 51.1 Å². The molecule has 9 nitrogen and oxygen atoms in total. The number of benzene rings is 1. The van der Waals surface area contributed by atoms with Gasteiger partial charge in [0, 0.05) is 12.6 Å². The van der Waals surface area contributed by atoms with Crippen molar-refractivity contribution >= 4 is 28.0 Å². The van der Waals surface area contributed by atoms with Crippen molar-refractivity contribution in [1.29, 1.82) is 0 Å². The van der Waals surface area contributed by atoms with E-state index >= 15 is 0 Å². The molecule has 29 heavy (non-hydrogen) atoms. The molecule has 0 saturated carbocycles. The third-order valence-corrected chi connectivity index (χ3v) is 4.53. The van der Waals surface area contributed by atoms with Gasteiger partial charge in [0.2, 0.25) is 0 Å². The molecule has 0 radical (unpaired) electrons. The number of halogens is 1. The number of carbonyl (C=O) groups is 1. The van der Waals surface area contributed by atoms with E-state index in [1.54, 1.807) is 24.3 Å². The molecule has 3 rings (SSSR count). The van der Waals surface area contributed by atoms with Crippen LogP contribution in [0, 0.1) is 0 Å². The molecule has 0 bridgehead atoms. The lowest BCUT2D eigenvalue weighted by Crippen LogP contribution is -2.33. The fraction of sp³-hybridized carbons (Fsp3) is 0.316. The van der Waals surface area contributed by atoms with Gasteiger partial charge in [-0.25, -0.2) is 9.59 Å². The summed E-state index contributed by atoms with van der Waals surface area (Å²) in [6, 6.07) is 8.81. The molecule has 1 aliphatic rings. The first-order valence-electron chi connectivity index (χ1n) is 8.77. The van der Waals surface area contributed by atoms with E-state index in [0.29, 0.717) is 5.75 Å². The minimum absolute atomic E-state index is 0.103. The zero-order chi connectivity index (χ0) is 20.8. The van der Waals surface area contributed by atoms with Gasteiger partial charge in [-0.1, -0.05) is 34.1 Å². The van der Waals surface area contributed by atoms with Crippen molar-refractivity contribution in [3.8, 4) is 5.75 Å². The highest BCUT2D eigenvalue weighted by molar-refractivity contribution is 9.11. The number of nitrogens with zero attached hydrogens (tertiary/aromatic N) is 1. The molecule has 2 heterocycles. The lowest BCUT2D eigenvalue weighted by atomic mass is 10.2. The average molecular weight is 467 g/mol. The van der Waals surface area contributed by atoms with Crippen LogP contribution < -0.4 is 16.0 Å². The van der Waals surface area contributed by atoms with E-state index in [9.17, 15) is 19.5 Å². The summed E-state index contributed by atoms with van der Waals surface area (Å²) in [5.74, 6) is -0.0773. The summed E-state index contributed by atoms with van der Waals surface area (Å²) in [7, 11) is 0. The molecule has 10 heteroatoms. The number of ether oxygens (including phenoxy) is 3. The van der Waals surface area contributed by atoms with Crippen molar-refractivity contribution in [1.82, 2.24) is 9.55 Å². The van der Waals surface area contributed by atoms with Crippen LogP contribution in [0.1, 0.15) is 18.2 Å². The highest BCUT2D eigenvalue weighted by Gasteiger charge is 2.36. The highest BCUT2D eigenvalue weighted by atomic mass is 79.9.